The maximum Gasteiger partial charge on any atom is 0.411 e. The Morgan fingerprint density at radius 3 is 2.21 bits per heavy atom. The van der Waals surface area contributed by atoms with Crippen LogP contribution in [-0.4, -0.2) is 74.7 Å². The van der Waals surface area contributed by atoms with Gasteiger partial charge >= 0.3 is 12.1 Å². The molecule has 7 nitrogen and oxygen atoms in total. The van der Waals surface area contributed by atoms with Crippen molar-refractivity contribution >= 4 is 16.0 Å². The monoisotopic (exact) mass is 501 g/mol. The van der Waals surface area contributed by atoms with E-state index in [4.69, 9.17) is 9.47 Å². The Balaban J connectivity index is 1.84. The first-order valence-electron chi connectivity index (χ1n) is 11.7. The molecule has 194 valence electrons. The van der Waals surface area contributed by atoms with Crippen molar-refractivity contribution in [1.29, 1.82) is 0 Å². The van der Waals surface area contributed by atoms with Crippen LogP contribution in [-0.2, 0) is 29.0 Å². The summed E-state index contributed by atoms with van der Waals surface area (Å²) in [7, 11) is -3.92. The van der Waals surface area contributed by atoms with Gasteiger partial charge in [0, 0.05) is 45.8 Å². The van der Waals surface area contributed by atoms with Gasteiger partial charge in [0.1, 0.15) is 12.2 Å². The molecule has 2 aliphatic rings. The molecule has 0 amide bonds. The number of sulfonamides is 1. The minimum Gasteiger partial charge on any atom is -0.459 e. The normalized spacial score (nSPS) is 21.2. The van der Waals surface area contributed by atoms with Crippen molar-refractivity contribution in [2.75, 3.05) is 39.5 Å². The number of carbonyl (C=O) groups is 1. The lowest BCUT2D eigenvalue weighted by Gasteiger charge is -2.41. The van der Waals surface area contributed by atoms with E-state index in [1.807, 2.05) is 0 Å². The molecule has 2 saturated heterocycles. The fraction of sp³-hybridized carbons (Fsp3) is 0.955. The summed E-state index contributed by atoms with van der Waals surface area (Å²) in [5, 5.41) is 0. The summed E-state index contributed by atoms with van der Waals surface area (Å²) < 4.78 is 78.6. The van der Waals surface area contributed by atoms with Crippen LogP contribution in [0, 0.1) is 5.92 Å². The van der Waals surface area contributed by atoms with Crippen molar-refractivity contribution in [3.8, 4) is 0 Å². The number of carbonyl (C=O) groups excluding carboxylic acids is 1. The molecule has 0 spiro atoms. The Hall–Kier alpha value is -0.910. The quantitative estimate of drug-likeness (QED) is 0.332. The molecule has 0 aliphatic carbocycles. The van der Waals surface area contributed by atoms with E-state index >= 15 is 0 Å². The van der Waals surface area contributed by atoms with Gasteiger partial charge in [0.25, 0.3) is 0 Å². The molecule has 0 radical (unpaired) electrons. The highest BCUT2D eigenvalue weighted by atomic mass is 32.2. The topological polar surface area (TPSA) is 82.1 Å². The van der Waals surface area contributed by atoms with Gasteiger partial charge in [-0.2, -0.15) is 13.2 Å². The van der Waals surface area contributed by atoms with Gasteiger partial charge in [-0.25, -0.2) is 12.7 Å². The van der Waals surface area contributed by atoms with Crippen LogP contribution in [0.4, 0.5) is 13.2 Å². The van der Waals surface area contributed by atoms with E-state index in [9.17, 15) is 26.4 Å². The Morgan fingerprint density at radius 1 is 1.06 bits per heavy atom. The summed E-state index contributed by atoms with van der Waals surface area (Å²) >= 11 is 0. The van der Waals surface area contributed by atoms with E-state index in [-0.39, 0.29) is 32.7 Å². The first-order valence-corrected chi connectivity index (χ1v) is 13.2. The van der Waals surface area contributed by atoms with Gasteiger partial charge in [0.2, 0.25) is 10.0 Å². The Kier molecular flexibility index (Phi) is 10.0. The molecule has 0 saturated carbocycles. The van der Waals surface area contributed by atoms with Crippen LogP contribution < -0.4 is 0 Å². The van der Waals surface area contributed by atoms with Crippen LogP contribution in [0.15, 0.2) is 0 Å². The predicted molar refractivity (Wildman–Crippen MR) is 117 cm³/mol. The molecule has 2 heterocycles. The molecule has 0 bridgehead atoms. The minimum absolute atomic E-state index is 0.0839. The maximum absolute atomic E-state index is 13.6. The predicted octanol–water partition coefficient (Wildman–Crippen LogP) is 4.06. The van der Waals surface area contributed by atoms with Gasteiger partial charge in [0.05, 0.1) is 0 Å². The van der Waals surface area contributed by atoms with Gasteiger partial charge < -0.3 is 14.2 Å². The average molecular weight is 502 g/mol. The summed E-state index contributed by atoms with van der Waals surface area (Å²) in [6.45, 7) is 5.14. The molecule has 2 aliphatic heterocycles. The molecule has 0 atom stereocenters. The number of piperidine rings is 1. The number of unbranched alkanes of at least 4 members (excludes halogenated alkanes) is 2. The van der Waals surface area contributed by atoms with Crippen molar-refractivity contribution in [1.82, 2.24) is 4.31 Å². The number of ether oxygens (including phenoxy) is 3. The highest BCUT2D eigenvalue weighted by molar-refractivity contribution is 7.91. The van der Waals surface area contributed by atoms with Crippen LogP contribution in [0.2, 0.25) is 0 Å². The second-order valence-corrected chi connectivity index (χ2v) is 12.2. The second-order valence-electron chi connectivity index (χ2n) is 9.97. The van der Waals surface area contributed by atoms with E-state index in [1.54, 1.807) is 20.8 Å². The molecular weight excluding hydrogens is 463 g/mol. The molecule has 33 heavy (non-hydrogen) atoms. The van der Waals surface area contributed by atoms with Crippen LogP contribution in [0.1, 0.15) is 72.1 Å². The van der Waals surface area contributed by atoms with Crippen LogP contribution in [0.5, 0.6) is 0 Å². The van der Waals surface area contributed by atoms with Crippen molar-refractivity contribution in [3.63, 3.8) is 0 Å². The molecule has 11 heteroatoms. The van der Waals surface area contributed by atoms with E-state index in [0.29, 0.717) is 38.3 Å². The van der Waals surface area contributed by atoms with Gasteiger partial charge in [0.15, 0.2) is 4.75 Å². The molecule has 2 rings (SSSR count). The van der Waals surface area contributed by atoms with Gasteiger partial charge in [-0.3, -0.25) is 4.79 Å². The molecule has 0 aromatic carbocycles. The number of esters is 1. The first-order chi connectivity index (χ1) is 15.3. The lowest BCUT2D eigenvalue weighted by Crippen LogP contribution is -2.59. The zero-order chi connectivity index (χ0) is 24.8. The zero-order valence-electron chi connectivity index (χ0n) is 19.9. The highest BCUT2D eigenvalue weighted by Crippen LogP contribution is 2.37. The summed E-state index contributed by atoms with van der Waals surface area (Å²) in [4.78, 5) is 13.0. The van der Waals surface area contributed by atoms with Crippen molar-refractivity contribution in [2.45, 2.75) is 88.7 Å². The first kappa shape index (κ1) is 28.3. The van der Waals surface area contributed by atoms with E-state index in [1.165, 1.54) is 4.31 Å². The lowest BCUT2D eigenvalue weighted by atomic mass is 9.92. The number of hydrogen-bond donors (Lipinski definition) is 0. The third-order valence-corrected chi connectivity index (χ3v) is 8.75. The molecule has 0 unspecified atom stereocenters. The smallest absolute Gasteiger partial charge is 0.411 e. The Labute approximate surface area is 195 Å². The maximum atomic E-state index is 13.6. The lowest BCUT2D eigenvalue weighted by molar-refractivity contribution is -0.174. The number of hydrogen-bond acceptors (Lipinski definition) is 6. The van der Waals surface area contributed by atoms with E-state index < -0.39 is 39.1 Å². The molecular formula is C22H38F3NO6S. The Bertz CT molecular complexity index is 721. The largest absolute Gasteiger partial charge is 0.459 e. The third kappa shape index (κ3) is 8.36. The number of nitrogens with zero attached hydrogens (tertiary/aromatic N) is 1. The van der Waals surface area contributed by atoms with Gasteiger partial charge in [-0.15, -0.1) is 0 Å². The van der Waals surface area contributed by atoms with Crippen molar-refractivity contribution in [2.24, 2.45) is 5.92 Å². The Morgan fingerprint density at radius 2 is 1.67 bits per heavy atom. The number of alkyl halides is 3. The SMILES string of the molecule is CC(C)(C)OC(=O)C1(S(=O)(=O)N2CCC(CCCCCOCC(F)(F)F)CC2)CCOCC1. The minimum atomic E-state index is -4.29. The molecule has 0 aromatic rings. The molecule has 0 aromatic heterocycles. The standard InChI is InChI=1S/C22H38F3NO6S/c1-20(2,3)32-19(27)21(10-15-30-16-11-21)33(28,29)26-12-8-18(9-13-26)7-5-4-6-14-31-17-22(23,24)25/h18H,4-17H2,1-3H3. The summed E-state index contributed by atoms with van der Waals surface area (Å²) in [5.41, 5.74) is -0.789. The van der Waals surface area contributed by atoms with E-state index in [0.717, 1.165) is 19.3 Å². The van der Waals surface area contributed by atoms with Crippen molar-refractivity contribution < 1.29 is 40.6 Å². The molecule has 0 N–H and O–H groups in total. The summed E-state index contributed by atoms with van der Waals surface area (Å²) in [6, 6.07) is 0. The van der Waals surface area contributed by atoms with Gasteiger partial charge in [-0.05, 0) is 46.0 Å². The van der Waals surface area contributed by atoms with Crippen LogP contribution in [0.3, 0.4) is 0 Å². The van der Waals surface area contributed by atoms with Crippen molar-refractivity contribution in [3.05, 3.63) is 0 Å². The van der Waals surface area contributed by atoms with E-state index in [2.05, 4.69) is 4.74 Å². The zero-order valence-corrected chi connectivity index (χ0v) is 20.7. The number of halogens is 3. The van der Waals surface area contributed by atoms with Crippen LogP contribution >= 0.6 is 0 Å². The number of rotatable bonds is 10. The fourth-order valence-electron chi connectivity index (χ4n) is 4.33. The molecule has 2 fully saturated rings. The van der Waals surface area contributed by atoms with Gasteiger partial charge in [-0.1, -0.05) is 19.3 Å². The van der Waals surface area contributed by atoms with Crippen LogP contribution in [0.25, 0.3) is 0 Å². The second kappa shape index (κ2) is 11.7. The highest BCUT2D eigenvalue weighted by Gasteiger charge is 2.56. The fourth-order valence-corrected chi connectivity index (χ4v) is 6.45. The summed E-state index contributed by atoms with van der Waals surface area (Å²) in [5.74, 6) is -0.340. The third-order valence-electron chi connectivity index (χ3n) is 6.15. The average Bonchev–Trinajstić information content (AvgIpc) is 2.71. The summed E-state index contributed by atoms with van der Waals surface area (Å²) in [6.07, 6.45) is 0.393.